The van der Waals surface area contributed by atoms with Crippen LogP contribution in [0.4, 0.5) is 4.39 Å². The minimum absolute atomic E-state index is 0.00485. The Labute approximate surface area is 227 Å². The van der Waals surface area contributed by atoms with E-state index in [4.69, 9.17) is 4.74 Å². The Hall–Kier alpha value is -4.34. The quantitative estimate of drug-likeness (QED) is 0.211. The van der Waals surface area contributed by atoms with E-state index in [1.165, 1.54) is 36.5 Å². The van der Waals surface area contributed by atoms with Crippen LogP contribution in [-0.4, -0.2) is 31.4 Å². The van der Waals surface area contributed by atoms with Crippen LogP contribution >= 0.6 is 0 Å². The summed E-state index contributed by atoms with van der Waals surface area (Å²) in [7, 11) is -4.11. The second-order valence-corrected chi connectivity index (χ2v) is 10.7. The van der Waals surface area contributed by atoms with Gasteiger partial charge < -0.3 is 4.74 Å². The molecule has 0 aliphatic rings. The van der Waals surface area contributed by atoms with Crippen LogP contribution in [0.25, 0.3) is 0 Å². The summed E-state index contributed by atoms with van der Waals surface area (Å²) in [5.74, 6) is -0.671. The van der Waals surface area contributed by atoms with Crippen LogP contribution < -0.4 is 10.2 Å². The first-order chi connectivity index (χ1) is 18.8. The number of nitrogens with one attached hydrogen (secondary N) is 1. The monoisotopic (exact) mass is 545 g/mol. The molecular weight excluding hydrogens is 517 g/mol. The first-order valence-corrected chi connectivity index (χ1v) is 13.6. The summed E-state index contributed by atoms with van der Waals surface area (Å²) >= 11 is 0. The third-order valence-electron chi connectivity index (χ3n) is 5.83. The molecule has 1 N–H and O–H groups in total. The number of benzene rings is 4. The van der Waals surface area contributed by atoms with Crippen LogP contribution in [0, 0.1) is 12.7 Å². The Morgan fingerprint density at radius 1 is 0.923 bits per heavy atom. The number of carbonyl (C=O) groups is 1. The van der Waals surface area contributed by atoms with Gasteiger partial charge in [0.1, 0.15) is 18.2 Å². The van der Waals surface area contributed by atoms with Crippen LogP contribution in [-0.2, 0) is 28.0 Å². The number of hydrogen-bond acceptors (Lipinski definition) is 5. The van der Waals surface area contributed by atoms with E-state index in [1.807, 2.05) is 49.4 Å². The smallest absolute Gasteiger partial charge is 0.255 e. The van der Waals surface area contributed by atoms with Gasteiger partial charge in [0, 0.05) is 17.7 Å². The molecule has 0 radical (unpaired) electrons. The summed E-state index contributed by atoms with van der Waals surface area (Å²) < 4.78 is 48.0. The Kier molecular flexibility index (Phi) is 9.19. The van der Waals surface area contributed by atoms with Gasteiger partial charge in [0.05, 0.1) is 17.7 Å². The summed E-state index contributed by atoms with van der Waals surface area (Å²) in [6.07, 6.45) is 1.42. The lowest BCUT2D eigenvalue weighted by atomic mass is 10.2. The maximum Gasteiger partial charge on any atom is 0.255 e. The molecule has 7 nitrogen and oxygen atoms in total. The van der Waals surface area contributed by atoms with Gasteiger partial charge in [-0.3, -0.25) is 4.79 Å². The first-order valence-electron chi connectivity index (χ1n) is 12.2. The zero-order valence-electron chi connectivity index (χ0n) is 21.3. The van der Waals surface area contributed by atoms with E-state index in [9.17, 15) is 17.6 Å². The van der Waals surface area contributed by atoms with Crippen molar-refractivity contribution in [2.24, 2.45) is 5.10 Å². The molecule has 4 rings (SSSR count). The standard InChI is InChI=1S/C30H28FN3O4S/c1-23-15-17-27(18-16-23)39(36,37)34(20-26-12-5-7-13-28(26)31)21-30(35)33-32-19-25-11-6-8-14-29(25)38-22-24-9-3-2-4-10-24/h2-19H,20-22H2,1H3,(H,33,35)/b32-19-. The number of rotatable bonds is 11. The van der Waals surface area contributed by atoms with Crippen molar-refractivity contribution >= 4 is 22.1 Å². The highest BCUT2D eigenvalue weighted by Gasteiger charge is 2.27. The van der Waals surface area contributed by atoms with Crippen molar-refractivity contribution in [1.29, 1.82) is 0 Å². The molecule has 0 saturated heterocycles. The largest absolute Gasteiger partial charge is 0.488 e. The molecule has 0 saturated carbocycles. The van der Waals surface area contributed by atoms with Crippen LogP contribution in [0.5, 0.6) is 5.75 Å². The predicted molar refractivity (Wildman–Crippen MR) is 148 cm³/mol. The molecule has 0 aliphatic heterocycles. The van der Waals surface area contributed by atoms with Crippen molar-refractivity contribution in [2.75, 3.05) is 6.54 Å². The predicted octanol–water partition coefficient (Wildman–Crippen LogP) is 5.05. The minimum atomic E-state index is -4.11. The van der Waals surface area contributed by atoms with Gasteiger partial charge >= 0.3 is 0 Å². The molecule has 1 amide bonds. The number of para-hydroxylation sites is 1. The summed E-state index contributed by atoms with van der Waals surface area (Å²) in [6, 6.07) is 29.0. The number of hydrazone groups is 1. The summed E-state index contributed by atoms with van der Waals surface area (Å²) in [6.45, 7) is 1.31. The number of hydrogen-bond donors (Lipinski definition) is 1. The maximum absolute atomic E-state index is 14.4. The lowest BCUT2D eigenvalue weighted by Crippen LogP contribution is -2.39. The molecule has 200 valence electrons. The highest BCUT2D eigenvalue weighted by molar-refractivity contribution is 7.89. The van der Waals surface area contributed by atoms with E-state index in [-0.39, 0.29) is 17.0 Å². The number of amides is 1. The van der Waals surface area contributed by atoms with E-state index in [0.717, 1.165) is 15.4 Å². The van der Waals surface area contributed by atoms with E-state index >= 15 is 0 Å². The Morgan fingerprint density at radius 3 is 2.33 bits per heavy atom. The summed E-state index contributed by atoms with van der Waals surface area (Å²) in [5.41, 5.74) is 5.03. The lowest BCUT2D eigenvalue weighted by molar-refractivity contribution is -0.121. The number of sulfonamides is 1. The van der Waals surface area contributed by atoms with Crippen LogP contribution in [0.15, 0.2) is 113 Å². The molecule has 0 atom stereocenters. The normalized spacial score (nSPS) is 11.6. The van der Waals surface area contributed by atoms with Crippen LogP contribution in [0.2, 0.25) is 0 Å². The van der Waals surface area contributed by atoms with Gasteiger partial charge in [-0.15, -0.1) is 0 Å². The van der Waals surface area contributed by atoms with Gasteiger partial charge in [-0.25, -0.2) is 18.2 Å². The van der Waals surface area contributed by atoms with Gasteiger partial charge in [-0.1, -0.05) is 78.4 Å². The number of nitrogens with zero attached hydrogens (tertiary/aromatic N) is 2. The van der Waals surface area contributed by atoms with Crippen molar-refractivity contribution in [1.82, 2.24) is 9.73 Å². The first kappa shape index (κ1) is 27.7. The molecule has 0 spiro atoms. The minimum Gasteiger partial charge on any atom is -0.488 e. The van der Waals surface area contributed by atoms with Crippen LogP contribution in [0.3, 0.4) is 0 Å². The molecule has 0 heterocycles. The topological polar surface area (TPSA) is 88.1 Å². The summed E-state index contributed by atoms with van der Waals surface area (Å²) in [4.78, 5) is 12.8. The maximum atomic E-state index is 14.4. The molecular formula is C30H28FN3O4S. The fourth-order valence-electron chi connectivity index (χ4n) is 3.73. The molecule has 0 aromatic heterocycles. The van der Waals surface area contributed by atoms with Crippen molar-refractivity contribution in [2.45, 2.75) is 25.0 Å². The zero-order chi connectivity index (χ0) is 27.7. The fraction of sp³-hybridized carbons (Fsp3) is 0.133. The van der Waals surface area contributed by atoms with Crippen molar-refractivity contribution in [3.05, 3.63) is 131 Å². The van der Waals surface area contributed by atoms with Crippen molar-refractivity contribution in [3.8, 4) is 5.75 Å². The Morgan fingerprint density at radius 2 is 1.59 bits per heavy atom. The second-order valence-electron chi connectivity index (χ2n) is 8.78. The van der Waals surface area contributed by atoms with E-state index < -0.39 is 28.3 Å². The Bertz CT molecular complexity index is 1540. The molecule has 4 aromatic carbocycles. The molecule has 0 aliphatic carbocycles. The van der Waals surface area contributed by atoms with Crippen molar-refractivity contribution < 1.29 is 22.3 Å². The average Bonchev–Trinajstić information content (AvgIpc) is 2.94. The Balaban J connectivity index is 1.47. The molecule has 0 unspecified atom stereocenters. The number of halogens is 1. The summed E-state index contributed by atoms with van der Waals surface area (Å²) in [5, 5.41) is 4.00. The van der Waals surface area contributed by atoms with E-state index in [0.29, 0.717) is 17.9 Å². The molecule has 39 heavy (non-hydrogen) atoms. The van der Waals surface area contributed by atoms with Gasteiger partial charge in [0.2, 0.25) is 10.0 Å². The molecule has 0 fully saturated rings. The number of aryl methyl sites for hydroxylation is 1. The average molecular weight is 546 g/mol. The van der Waals surface area contributed by atoms with Crippen LogP contribution in [0.1, 0.15) is 22.3 Å². The number of carbonyl (C=O) groups excluding carboxylic acids is 1. The highest BCUT2D eigenvalue weighted by Crippen LogP contribution is 2.21. The van der Waals surface area contributed by atoms with E-state index in [1.54, 1.807) is 30.3 Å². The van der Waals surface area contributed by atoms with Crippen molar-refractivity contribution in [3.63, 3.8) is 0 Å². The SMILES string of the molecule is Cc1ccc(S(=O)(=O)N(CC(=O)N/N=C\c2ccccc2OCc2ccccc2)Cc2ccccc2F)cc1. The highest BCUT2D eigenvalue weighted by atomic mass is 32.2. The molecule has 9 heteroatoms. The third-order valence-corrected chi connectivity index (χ3v) is 7.64. The van der Waals surface area contributed by atoms with Gasteiger partial charge in [-0.2, -0.15) is 9.41 Å². The molecule has 4 aromatic rings. The van der Waals surface area contributed by atoms with Gasteiger partial charge in [0.15, 0.2) is 0 Å². The second kappa shape index (κ2) is 12.9. The lowest BCUT2D eigenvalue weighted by Gasteiger charge is -2.22. The third kappa shape index (κ3) is 7.59. The molecule has 0 bridgehead atoms. The van der Waals surface area contributed by atoms with Gasteiger partial charge in [0.25, 0.3) is 5.91 Å². The number of ether oxygens (including phenoxy) is 1. The zero-order valence-corrected chi connectivity index (χ0v) is 22.1. The van der Waals surface area contributed by atoms with Gasteiger partial charge in [-0.05, 0) is 42.8 Å². The van der Waals surface area contributed by atoms with E-state index in [2.05, 4.69) is 10.5 Å². The fourth-order valence-corrected chi connectivity index (χ4v) is 5.10.